The molecule has 5 nitrogen and oxygen atoms in total. The molecule has 0 aliphatic carbocycles. The first kappa shape index (κ1) is 16.7. The third kappa shape index (κ3) is 3.76. The van der Waals surface area contributed by atoms with Crippen molar-refractivity contribution in [1.82, 2.24) is 5.32 Å². The Bertz CT molecular complexity index is 683. The number of amides is 1. The van der Waals surface area contributed by atoms with Gasteiger partial charge in [0.2, 0.25) is 0 Å². The molecule has 0 fully saturated rings. The molecule has 0 saturated heterocycles. The molecule has 0 radical (unpaired) electrons. The summed E-state index contributed by atoms with van der Waals surface area (Å²) in [4.78, 5) is 12.6. The highest BCUT2D eigenvalue weighted by Crippen LogP contribution is 2.24. The highest BCUT2D eigenvalue weighted by atomic mass is 16.5. The summed E-state index contributed by atoms with van der Waals surface area (Å²) in [5.74, 6) is -0.182. The van der Waals surface area contributed by atoms with E-state index in [-0.39, 0.29) is 11.7 Å². The van der Waals surface area contributed by atoms with E-state index in [9.17, 15) is 4.79 Å². The van der Waals surface area contributed by atoms with Crippen LogP contribution in [0.25, 0.3) is 0 Å². The molecule has 0 aliphatic heterocycles. The normalized spacial score (nSPS) is 13.1. The Morgan fingerprint density at radius 1 is 1.17 bits per heavy atom. The molecule has 2 rings (SSSR count). The number of benzene rings is 2. The van der Waals surface area contributed by atoms with Crippen LogP contribution in [-0.2, 0) is 21.7 Å². The number of nitrogens with one attached hydrogen (secondary N) is 2. The molecule has 1 amide bonds. The Morgan fingerprint density at radius 2 is 1.78 bits per heavy atom. The quantitative estimate of drug-likeness (QED) is 0.564. The van der Waals surface area contributed by atoms with E-state index in [2.05, 4.69) is 5.32 Å². The van der Waals surface area contributed by atoms with Crippen molar-refractivity contribution in [3.63, 3.8) is 0 Å². The van der Waals surface area contributed by atoms with E-state index in [1.54, 1.807) is 19.1 Å². The van der Waals surface area contributed by atoms with Gasteiger partial charge in [0.15, 0.2) is 5.60 Å². The van der Waals surface area contributed by atoms with E-state index in [4.69, 9.17) is 15.9 Å². The van der Waals surface area contributed by atoms with Crippen LogP contribution in [0.3, 0.4) is 0 Å². The Balaban J connectivity index is 2.07. The van der Waals surface area contributed by atoms with E-state index < -0.39 is 5.60 Å². The van der Waals surface area contributed by atoms with Crippen LogP contribution >= 0.6 is 0 Å². The average Bonchev–Trinajstić information content (AvgIpc) is 2.60. The molecule has 0 bridgehead atoms. The fraction of sp³-hybridized carbons (Fsp3) is 0.222. The molecule has 120 valence electrons. The average molecular weight is 311 g/mol. The number of carbonyl (C=O) groups is 1. The summed E-state index contributed by atoms with van der Waals surface area (Å²) >= 11 is 0. The second-order valence-corrected chi connectivity index (χ2v) is 5.40. The van der Waals surface area contributed by atoms with Crippen LogP contribution in [0.4, 0.5) is 0 Å². The second-order valence-electron chi connectivity index (χ2n) is 5.40. The van der Waals surface area contributed by atoms with E-state index in [1.807, 2.05) is 42.5 Å². The summed E-state index contributed by atoms with van der Waals surface area (Å²) in [6.07, 6.45) is 0. The molecule has 23 heavy (non-hydrogen) atoms. The Kier molecular flexibility index (Phi) is 5.13. The monoisotopic (exact) mass is 311 g/mol. The molecule has 5 heteroatoms. The number of nitrogens with two attached hydrogens (primary N) is 1. The van der Waals surface area contributed by atoms with E-state index >= 15 is 0 Å². The molecule has 4 N–H and O–H groups in total. The second kappa shape index (κ2) is 7.07. The minimum atomic E-state index is -1.04. The first-order valence-corrected chi connectivity index (χ1v) is 7.29. The fourth-order valence-electron chi connectivity index (χ4n) is 2.25. The van der Waals surface area contributed by atoms with Crippen LogP contribution in [0, 0.1) is 5.41 Å². The largest absolute Gasteiger partial charge is 0.384 e. The standard InChI is InChI=1S/C18H21N3O2/c1-18(23-2,15-6-4-3-5-7-15)17(22)21-12-13-8-10-14(11-9-13)16(19)20/h3-11H,12H2,1-2H3,(H3,19,20)(H,21,22). The molecule has 2 aromatic rings. The number of carbonyl (C=O) groups excluding carboxylic acids is 1. The molecule has 1 unspecified atom stereocenters. The van der Waals surface area contributed by atoms with Crippen molar-refractivity contribution >= 4 is 11.7 Å². The maximum Gasteiger partial charge on any atom is 0.256 e. The van der Waals surface area contributed by atoms with Gasteiger partial charge in [-0.25, -0.2) is 0 Å². The Morgan fingerprint density at radius 3 is 2.30 bits per heavy atom. The summed E-state index contributed by atoms with van der Waals surface area (Å²) in [6, 6.07) is 16.6. The highest BCUT2D eigenvalue weighted by molar-refractivity contribution is 5.94. The number of hydrogen-bond donors (Lipinski definition) is 3. The first-order valence-electron chi connectivity index (χ1n) is 7.29. The zero-order chi connectivity index (χ0) is 16.9. The van der Waals surface area contributed by atoms with Gasteiger partial charge in [-0.15, -0.1) is 0 Å². The molecular weight excluding hydrogens is 290 g/mol. The van der Waals surface area contributed by atoms with Crippen LogP contribution in [0.2, 0.25) is 0 Å². The van der Waals surface area contributed by atoms with Gasteiger partial charge in [-0.3, -0.25) is 10.2 Å². The van der Waals surface area contributed by atoms with E-state index in [1.165, 1.54) is 7.11 Å². The van der Waals surface area contributed by atoms with E-state index in [0.29, 0.717) is 12.1 Å². The molecule has 0 aliphatic rings. The maximum absolute atomic E-state index is 12.6. The van der Waals surface area contributed by atoms with Crippen LogP contribution in [-0.4, -0.2) is 18.9 Å². The van der Waals surface area contributed by atoms with Crippen LogP contribution in [0.15, 0.2) is 54.6 Å². The van der Waals surface area contributed by atoms with Gasteiger partial charge in [0.1, 0.15) is 5.84 Å². The number of methoxy groups -OCH3 is 1. The van der Waals surface area contributed by atoms with Crippen LogP contribution in [0.5, 0.6) is 0 Å². The van der Waals surface area contributed by atoms with Gasteiger partial charge in [-0.1, -0.05) is 54.6 Å². The van der Waals surface area contributed by atoms with Crippen molar-refractivity contribution in [2.45, 2.75) is 19.1 Å². The maximum atomic E-state index is 12.6. The predicted octanol–water partition coefficient (Wildman–Crippen LogP) is 2.15. The first-order chi connectivity index (χ1) is 11.0. The summed E-state index contributed by atoms with van der Waals surface area (Å²) in [5, 5.41) is 10.3. The van der Waals surface area contributed by atoms with Gasteiger partial charge in [0.25, 0.3) is 5.91 Å². The van der Waals surface area contributed by atoms with Gasteiger partial charge in [0.05, 0.1) is 0 Å². The van der Waals surface area contributed by atoms with Crippen molar-refractivity contribution in [1.29, 1.82) is 5.41 Å². The molecule has 0 aromatic heterocycles. The molecule has 1 atom stereocenters. The lowest BCUT2D eigenvalue weighted by Crippen LogP contribution is -2.43. The topological polar surface area (TPSA) is 88.2 Å². The predicted molar refractivity (Wildman–Crippen MR) is 90.1 cm³/mol. The smallest absolute Gasteiger partial charge is 0.256 e. The lowest BCUT2D eigenvalue weighted by atomic mass is 9.94. The van der Waals surface area contributed by atoms with Crippen molar-refractivity contribution < 1.29 is 9.53 Å². The summed E-state index contributed by atoms with van der Waals surface area (Å²) < 4.78 is 5.47. The Labute approximate surface area is 136 Å². The zero-order valence-corrected chi connectivity index (χ0v) is 13.3. The van der Waals surface area contributed by atoms with Gasteiger partial charge < -0.3 is 15.8 Å². The summed E-state index contributed by atoms with van der Waals surface area (Å²) in [6.45, 7) is 2.12. The molecule has 0 saturated carbocycles. The molecular formula is C18H21N3O2. The molecule has 0 heterocycles. The lowest BCUT2D eigenvalue weighted by molar-refractivity contribution is -0.142. The molecule has 0 spiro atoms. The fourth-order valence-corrected chi connectivity index (χ4v) is 2.25. The Hall–Kier alpha value is -2.66. The highest BCUT2D eigenvalue weighted by Gasteiger charge is 2.34. The number of ether oxygens (including phenoxy) is 1. The third-order valence-electron chi connectivity index (χ3n) is 3.88. The van der Waals surface area contributed by atoms with Gasteiger partial charge in [-0.05, 0) is 18.1 Å². The summed E-state index contributed by atoms with van der Waals surface area (Å²) in [5.41, 5.74) is 6.76. The number of amidine groups is 1. The number of rotatable bonds is 6. The van der Waals surface area contributed by atoms with Crippen molar-refractivity contribution in [2.24, 2.45) is 5.73 Å². The molecule has 2 aromatic carbocycles. The number of hydrogen-bond acceptors (Lipinski definition) is 3. The minimum absolute atomic E-state index is 0.0246. The SMILES string of the molecule is COC(C)(C(=O)NCc1ccc(C(=N)N)cc1)c1ccccc1. The summed E-state index contributed by atoms with van der Waals surface area (Å²) in [7, 11) is 1.52. The zero-order valence-electron chi connectivity index (χ0n) is 13.3. The van der Waals surface area contributed by atoms with Crippen molar-refractivity contribution in [3.8, 4) is 0 Å². The number of nitrogen functional groups attached to an aromatic ring is 1. The van der Waals surface area contributed by atoms with Gasteiger partial charge >= 0.3 is 0 Å². The van der Waals surface area contributed by atoms with Crippen molar-refractivity contribution in [3.05, 3.63) is 71.3 Å². The van der Waals surface area contributed by atoms with Crippen molar-refractivity contribution in [2.75, 3.05) is 7.11 Å². The van der Waals surface area contributed by atoms with E-state index in [0.717, 1.165) is 11.1 Å². The lowest BCUT2D eigenvalue weighted by Gasteiger charge is -2.27. The van der Waals surface area contributed by atoms with Crippen LogP contribution in [0.1, 0.15) is 23.6 Å². The van der Waals surface area contributed by atoms with Gasteiger partial charge in [-0.2, -0.15) is 0 Å². The van der Waals surface area contributed by atoms with Gasteiger partial charge in [0, 0.05) is 19.2 Å². The third-order valence-corrected chi connectivity index (χ3v) is 3.88. The minimum Gasteiger partial charge on any atom is -0.384 e. The van der Waals surface area contributed by atoms with Crippen LogP contribution < -0.4 is 11.1 Å².